The van der Waals surface area contributed by atoms with Crippen LogP contribution in [0.1, 0.15) is 52.2 Å². The predicted octanol–water partition coefficient (Wildman–Crippen LogP) is 3.00. The van der Waals surface area contributed by atoms with Crippen LogP contribution < -0.4 is 20.7 Å². The maximum Gasteiger partial charge on any atom is 0.227 e. The number of ether oxygens (including phenoxy) is 1. The van der Waals surface area contributed by atoms with Gasteiger partial charge in [-0.3, -0.25) is 4.79 Å². The number of hydrogen-bond acceptors (Lipinski definition) is 3. The molecule has 6 heteroatoms. The number of aliphatic imine (C=N–C) groups is 1. The van der Waals surface area contributed by atoms with Gasteiger partial charge in [0.2, 0.25) is 5.91 Å². The number of hydrogen-bond donors (Lipinski definition) is 3. The molecule has 152 valence electrons. The van der Waals surface area contributed by atoms with Crippen LogP contribution in [0.25, 0.3) is 0 Å². The zero-order chi connectivity index (χ0) is 20.3. The summed E-state index contributed by atoms with van der Waals surface area (Å²) < 4.78 is 5.87. The summed E-state index contributed by atoms with van der Waals surface area (Å²) in [6.45, 7) is 15.0. The van der Waals surface area contributed by atoms with Crippen molar-refractivity contribution < 1.29 is 9.53 Å². The van der Waals surface area contributed by atoms with Crippen molar-refractivity contribution in [3.8, 4) is 5.75 Å². The van der Waals surface area contributed by atoms with E-state index in [-0.39, 0.29) is 5.91 Å². The number of carbonyl (C=O) groups is 1. The third kappa shape index (κ3) is 7.89. The Labute approximate surface area is 164 Å². The van der Waals surface area contributed by atoms with Crippen molar-refractivity contribution >= 4 is 11.9 Å². The van der Waals surface area contributed by atoms with Crippen LogP contribution in [0.2, 0.25) is 0 Å². The molecule has 0 spiro atoms. The Kier molecular flexibility index (Phi) is 9.68. The zero-order valence-electron chi connectivity index (χ0n) is 17.7. The molecule has 1 amide bonds. The molecule has 0 heterocycles. The summed E-state index contributed by atoms with van der Waals surface area (Å²) in [5, 5.41) is 9.39. The van der Waals surface area contributed by atoms with Crippen LogP contribution in [0.4, 0.5) is 0 Å². The molecule has 0 aromatic heterocycles. The van der Waals surface area contributed by atoms with Crippen molar-refractivity contribution in [3.05, 3.63) is 29.3 Å². The molecule has 1 rings (SSSR count). The molecular weight excluding hydrogens is 340 g/mol. The van der Waals surface area contributed by atoms with Crippen molar-refractivity contribution in [2.24, 2.45) is 10.4 Å². The number of nitrogens with zero attached hydrogens (tertiary/aromatic N) is 1. The molecule has 0 fully saturated rings. The Morgan fingerprint density at radius 2 is 1.81 bits per heavy atom. The van der Waals surface area contributed by atoms with Crippen LogP contribution in [-0.2, 0) is 11.3 Å². The van der Waals surface area contributed by atoms with Gasteiger partial charge in [-0.1, -0.05) is 19.1 Å². The van der Waals surface area contributed by atoms with Gasteiger partial charge in [0.25, 0.3) is 0 Å². The molecule has 0 unspecified atom stereocenters. The highest BCUT2D eigenvalue weighted by Crippen LogP contribution is 2.21. The highest BCUT2D eigenvalue weighted by Gasteiger charge is 2.27. The van der Waals surface area contributed by atoms with Crippen molar-refractivity contribution in [3.63, 3.8) is 0 Å². The number of guanidine groups is 1. The van der Waals surface area contributed by atoms with Gasteiger partial charge in [0.1, 0.15) is 5.75 Å². The van der Waals surface area contributed by atoms with E-state index < -0.39 is 5.41 Å². The van der Waals surface area contributed by atoms with Crippen molar-refractivity contribution in [1.82, 2.24) is 16.0 Å². The number of benzene rings is 1. The SMILES string of the molecule is CCCOc1cc(C)ccc1CN=C(NCC)NCC(C)(C)C(=O)NCC. The first-order valence-electron chi connectivity index (χ1n) is 9.86. The topological polar surface area (TPSA) is 74.8 Å². The van der Waals surface area contributed by atoms with Crippen LogP contribution in [-0.4, -0.2) is 38.1 Å². The summed E-state index contributed by atoms with van der Waals surface area (Å²) in [6, 6.07) is 6.19. The molecule has 1 aromatic carbocycles. The number of carbonyl (C=O) groups excluding carboxylic acids is 1. The van der Waals surface area contributed by atoms with Crippen molar-refractivity contribution in [2.75, 3.05) is 26.2 Å². The molecule has 6 nitrogen and oxygen atoms in total. The van der Waals surface area contributed by atoms with Gasteiger partial charge < -0.3 is 20.7 Å². The number of amides is 1. The molecule has 0 radical (unpaired) electrons. The number of nitrogens with one attached hydrogen (secondary N) is 3. The van der Waals surface area contributed by atoms with Gasteiger partial charge in [-0.05, 0) is 52.7 Å². The standard InChI is InChI=1S/C21H36N4O2/c1-7-12-27-18-13-16(4)10-11-17(18)14-24-20(23-9-3)25-15-21(5,6)19(26)22-8-2/h10-11,13H,7-9,12,14-15H2,1-6H3,(H,22,26)(H2,23,24,25). The van der Waals surface area contributed by atoms with E-state index in [4.69, 9.17) is 4.74 Å². The van der Waals surface area contributed by atoms with Crippen LogP contribution >= 0.6 is 0 Å². The minimum Gasteiger partial charge on any atom is -0.493 e. The van der Waals surface area contributed by atoms with Gasteiger partial charge in [-0.2, -0.15) is 0 Å². The molecule has 0 atom stereocenters. The smallest absolute Gasteiger partial charge is 0.227 e. The third-order valence-electron chi connectivity index (χ3n) is 4.09. The molecule has 0 aliphatic heterocycles. The summed E-state index contributed by atoms with van der Waals surface area (Å²) in [5.41, 5.74) is 1.70. The van der Waals surface area contributed by atoms with Crippen LogP contribution in [0.5, 0.6) is 5.75 Å². The average molecular weight is 377 g/mol. The fourth-order valence-electron chi connectivity index (χ4n) is 2.43. The second-order valence-corrected chi connectivity index (χ2v) is 7.25. The average Bonchev–Trinajstić information content (AvgIpc) is 2.63. The van der Waals surface area contributed by atoms with Crippen LogP contribution in [0, 0.1) is 12.3 Å². The monoisotopic (exact) mass is 376 g/mol. The molecule has 0 aliphatic rings. The lowest BCUT2D eigenvalue weighted by atomic mass is 9.92. The quantitative estimate of drug-likeness (QED) is 0.433. The lowest BCUT2D eigenvalue weighted by molar-refractivity contribution is -0.128. The molecule has 0 bridgehead atoms. The number of aryl methyl sites for hydroxylation is 1. The largest absolute Gasteiger partial charge is 0.493 e. The lowest BCUT2D eigenvalue weighted by Crippen LogP contribution is -2.47. The molecule has 3 N–H and O–H groups in total. The van der Waals surface area contributed by atoms with Gasteiger partial charge in [0.05, 0.1) is 18.6 Å². The van der Waals surface area contributed by atoms with E-state index in [1.54, 1.807) is 0 Å². The number of rotatable bonds is 10. The maximum absolute atomic E-state index is 12.2. The minimum absolute atomic E-state index is 0.0298. The van der Waals surface area contributed by atoms with E-state index >= 15 is 0 Å². The van der Waals surface area contributed by atoms with Crippen molar-refractivity contribution in [2.45, 2.75) is 54.5 Å². The molecule has 0 aliphatic carbocycles. The summed E-state index contributed by atoms with van der Waals surface area (Å²) in [6.07, 6.45) is 0.968. The summed E-state index contributed by atoms with van der Waals surface area (Å²) >= 11 is 0. The molecule has 27 heavy (non-hydrogen) atoms. The highest BCUT2D eigenvalue weighted by atomic mass is 16.5. The molecule has 0 saturated carbocycles. The maximum atomic E-state index is 12.2. The van der Waals surface area contributed by atoms with Gasteiger partial charge in [0, 0.05) is 25.2 Å². The Morgan fingerprint density at radius 1 is 1.11 bits per heavy atom. The zero-order valence-corrected chi connectivity index (χ0v) is 17.7. The predicted molar refractivity (Wildman–Crippen MR) is 112 cm³/mol. The van der Waals surface area contributed by atoms with E-state index in [0.29, 0.717) is 32.2 Å². The van der Waals surface area contributed by atoms with E-state index in [1.165, 1.54) is 5.56 Å². The molecule has 1 aromatic rings. The summed E-state index contributed by atoms with van der Waals surface area (Å²) in [7, 11) is 0. The summed E-state index contributed by atoms with van der Waals surface area (Å²) in [5.74, 6) is 1.61. The van der Waals surface area contributed by atoms with E-state index in [0.717, 1.165) is 24.3 Å². The van der Waals surface area contributed by atoms with Gasteiger partial charge in [-0.15, -0.1) is 0 Å². The fraction of sp³-hybridized carbons (Fsp3) is 0.619. The van der Waals surface area contributed by atoms with E-state index in [9.17, 15) is 4.79 Å². The van der Waals surface area contributed by atoms with Gasteiger partial charge in [0.15, 0.2) is 5.96 Å². The second-order valence-electron chi connectivity index (χ2n) is 7.25. The van der Waals surface area contributed by atoms with E-state index in [1.807, 2.05) is 27.7 Å². The Hall–Kier alpha value is -2.24. The first-order valence-corrected chi connectivity index (χ1v) is 9.86. The second kappa shape index (κ2) is 11.5. The Balaban J connectivity index is 2.83. The van der Waals surface area contributed by atoms with Gasteiger partial charge >= 0.3 is 0 Å². The minimum atomic E-state index is -0.522. The normalized spacial score (nSPS) is 11.9. The van der Waals surface area contributed by atoms with Crippen molar-refractivity contribution in [1.29, 1.82) is 0 Å². The Bertz CT molecular complexity index is 627. The van der Waals surface area contributed by atoms with Crippen LogP contribution in [0.3, 0.4) is 0 Å². The summed E-state index contributed by atoms with van der Waals surface area (Å²) in [4.78, 5) is 16.8. The highest BCUT2D eigenvalue weighted by molar-refractivity contribution is 5.84. The molecular formula is C21H36N4O2. The van der Waals surface area contributed by atoms with E-state index in [2.05, 4.69) is 53.0 Å². The first-order chi connectivity index (χ1) is 12.8. The lowest BCUT2D eigenvalue weighted by Gasteiger charge is -2.25. The molecule has 0 saturated heterocycles. The fourth-order valence-corrected chi connectivity index (χ4v) is 2.43. The van der Waals surface area contributed by atoms with Crippen LogP contribution in [0.15, 0.2) is 23.2 Å². The first kappa shape index (κ1) is 22.8. The third-order valence-corrected chi connectivity index (χ3v) is 4.09. The Morgan fingerprint density at radius 3 is 2.44 bits per heavy atom. The van der Waals surface area contributed by atoms with Gasteiger partial charge in [-0.25, -0.2) is 4.99 Å².